The van der Waals surface area contributed by atoms with Crippen molar-refractivity contribution in [2.45, 2.75) is 20.0 Å². The van der Waals surface area contributed by atoms with Crippen LogP contribution in [0.2, 0.25) is 0 Å². The molecule has 1 aliphatic heterocycles. The fourth-order valence-corrected chi connectivity index (χ4v) is 3.39. The second-order valence-electron chi connectivity index (χ2n) is 7.26. The molecule has 0 bridgehead atoms. The molecule has 1 fully saturated rings. The first-order chi connectivity index (χ1) is 14.5. The van der Waals surface area contributed by atoms with E-state index in [1.807, 2.05) is 43.3 Å². The van der Waals surface area contributed by atoms with E-state index in [1.165, 1.54) is 0 Å². The Morgan fingerprint density at radius 2 is 2.00 bits per heavy atom. The Kier molecular flexibility index (Phi) is 5.52. The van der Waals surface area contributed by atoms with Gasteiger partial charge in [0.05, 0.1) is 13.0 Å². The molecule has 2 aromatic carbocycles. The van der Waals surface area contributed by atoms with Gasteiger partial charge in [-0.1, -0.05) is 41.1 Å². The zero-order valence-corrected chi connectivity index (χ0v) is 16.8. The summed E-state index contributed by atoms with van der Waals surface area (Å²) < 4.78 is 15.9. The first-order valence-corrected chi connectivity index (χ1v) is 9.67. The molecule has 30 heavy (non-hydrogen) atoms. The van der Waals surface area contributed by atoms with Crippen molar-refractivity contribution in [2.75, 3.05) is 18.6 Å². The summed E-state index contributed by atoms with van der Waals surface area (Å²) in [6, 6.07) is 16.8. The van der Waals surface area contributed by atoms with E-state index in [4.69, 9.17) is 14.0 Å². The number of ether oxygens (including phenoxy) is 2. The molecule has 0 spiro atoms. The predicted molar refractivity (Wildman–Crippen MR) is 110 cm³/mol. The van der Waals surface area contributed by atoms with Crippen LogP contribution in [0.15, 0.2) is 59.1 Å². The largest absolute Gasteiger partial charge is 0.497 e. The molecule has 1 saturated heterocycles. The summed E-state index contributed by atoms with van der Waals surface area (Å²) in [5, 5.41) is 3.97. The van der Waals surface area contributed by atoms with Gasteiger partial charge >= 0.3 is 5.97 Å². The Labute approximate surface area is 174 Å². The number of carbonyl (C=O) groups excluding carboxylic acids is 2. The molecular weight excluding hydrogens is 384 g/mol. The van der Waals surface area contributed by atoms with Gasteiger partial charge in [-0.3, -0.25) is 9.59 Å². The van der Waals surface area contributed by atoms with Crippen LogP contribution in [0.5, 0.6) is 5.75 Å². The molecule has 7 heteroatoms. The lowest BCUT2D eigenvalue weighted by Gasteiger charge is -2.17. The highest BCUT2D eigenvalue weighted by Gasteiger charge is 2.36. The van der Waals surface area contributed by atoms with Crippen LogP contribution >= 0.6 is 0 Å². The van der Waals surface area contributed by atoms with Gasteiger partial charge in [-0.05, 0) is 19.1 Å². The number of rotatable bonds is 6. The Morgan fingerprint density at radius 1 is 1.20 bits per heavy atom. The minimum atomic E-state index is -0.521. The topological polar surface area (TPSA) is 81.9 Å². The SMILES string of the molecule is COc1cccc(N2CC(C(=O)OCc3cc(-c4ccc(C)cc4)on3)CC2=O)c1. The van der Waals surface area contributed by atoms with E-state index in [0.717, 1.165) is 11.1 Å². The summed E-state index contributed by atoms with van der Waals surface area (Å²) >= 11 is 0. The molecule has 2 heterocycles. The molecule has 1 aliphatic rings. The average molecular weight is 406 g/mol. The predicted octanol–water partition coefficient (Wildman–Crippen LogP) is 3.75. The van der Waals surface area contributed by atoms with Gasteiger partial charge in [0, 0.05) is 36.3 Å². The van der Waals surface area contributed by atoms with Crippen LogP contribution in [-0.4, -0.2) is 30.7 Å². The van der Waals surface area contributed by atoms with Gasteiger partial charge in [0.25, 0.3) is 0 Å². The van der Waals surface area contributed by atoms with E-state index in [1.54, 1.807) is 30.2 Å². The van der Waals surface area contributed by atoms with E-state index in [-0.39, 0.29) is 25.5 Å². The van der Waals surface area contributed by atoms with Crippen molar-refractivity contribution in [2.24, 2.45) is 5.92 Å². The van der Waals surface area contributed by atoms with Gasteiger partial charge in [-0.15, -0.1) is 0 Å². The third-order valence-corrected chi connectivity index (χ3v) is 5.08. The number of aromatic nitrogens is 1. The van der Waals surface area contributed by atoms with Crippen LogP contribution < -0.4 is 9.64 Å². The Hall–Kier alpha value is -3.61. The summed E-state index contributed by atoms with van der Waals surface area (Å²) in [7, 11) is 1.57. The molecule has 154 valence electrons. The molecule has 4 rings (SSSR count). The van der Waals surface area contributed by atoms with Gasteiger partial charge in [0.15, 0.2) is 5.76 Å². The number of aryl methyl sites for hydroxylation is 1. The van der Waals surface area contributed by atoms with E-state index in [0.29, 0.717) is 22.9 Å². The van der Waals surface area contributed by atoms with Gasteiger partial charge in [-0.2, -0.15) is 0 Å². The number of hydrogen-bond acceptors (Lipinski definition) is 6. The van der Waals surface area contributed by atoms with Crippen molar-refractivity contribution in [1.29, 1.82) is 0 Å². The summed E-state index contributed by atoms with van der Waals surface area (Å²) in [5.74, 6) is 0.206. The molecule has 0 N–H and O–H groups in total. The van der Waals surface area contributed by atoms with Crippen molar-refractivity contribution in [3.05, 3.63) is 65.9 Å². The Balaban J connectivity index is 1.35. The lowest BCUT2D eigenvalue weighted by molar-refractivity contribution is -0.149. The van der Waals surface area contributed by atoms with Crippen LogP contribution in [-0.2, 0) is 20.9 Å². The zero-order valence-electron chi connectivity index (χ0n) is 16.8. The fourth-order valence-electron chi connectivity index (χ4n) is 3.39. The minimum absolute atomic E-state index is 0.00194. The number of hydrogen-bond donors (Lipinski definition) is 0. The second-order valence-corrected chi connectivity index (χ2v) is 7.26. The lowest BCUT2D eigenvalue weighted by Crippen LogP contribution is -2.26. The number of benzene rings is 2. The van der Waals surface area contributed by atoms with Crippen LogP contribution in [0.4, 0.5) is 5.69 Å². The highest BCUT2D eigenvalue weighted by molar-refractivity contribution is 5.99. The number of nitrogens with zero attached hydrogens (tertiary/aromatic N) is 2. The highest BCUT2D eigenvalue weighted by atomic mass is 16.5. The number of carbonyl (C=O) groups is 2. The number of esters is 1. The maximum absolute atomic E-state index is 12.5. The zero-order chi connectivity index (χ0) is 21.1. The van der Waals surface area contributed by atoms with Crippen molar-refractivity contribution < 1.29 is 23.6 Å². The molecule has 7 nitrogen and oxygen atoms in total. The van der Waals surface area contributed by atoms with Crippen molar-refractivity contribution >= 4 is 17.6 Å². The van der Waals surface area contributed by atoms with Crippen molar-refractivity contribution in [3.63, 3.8) is 0 Å². The monoisotopic (exact) mass is 406 g/mol. The third kappa shape index (κ3) is 4.20. The summed E-state index contributed by atoms with van der Waals surface area (Å²) in [5.41, 5.74) is 3.28. The summed E-state index contributed by atoms with van der Waals surface area (Å²) in [4.78, 5) is 26.5. The maximum Gasteiger partial charge on any atom is 0.311 e. The molecule has 3 aromatic rings. The molecule has 0 saturated carbocycles. The summed E-state index contributed by atoms with van der Waals surface area (Å²) in [6.07, 6.45) is 0.115. The molecule has 1 aromatic heterocycles. The Bertz CT molecular complexity index is 1060. The van der Waals surface area contributed by atoms with Gasteiger partial charge < -0.3 is 18.9 Å². The fraction of sp³-hybridized carbons (Fsp3) is 0.261. The first kappa shape index (κ1) is 19.7. The molecule has 0 radical (unpaired) electrons. The van der Waals surface area contributed by atoms with Crippen molar-refractivity contribution in [1.82, 2.24) is 5.16 Å². The second kappa shape index (κ2) is 8.41. The van der Waals surface area contributed by atoms with E-state index < -0.39 is 11.9 Å². The third-order valence-electron chi connectivity index (χ3n) is 5.08. The normalized spacial score (nSPS) is 16.0. The van der Waals surface area contributed by atoms with E-state index >= 15 is 0 Å². The molecular formula is C23H22N2O5. The molecule has 1 unspecified atom stereocenters. The number of anilines is 1. The van der Waals surface area contributed by atoms with Gasteiger partial charge in [0.1, 0.15) is 18.1 Å². The highest BCUT2D eigenvalue weighted by Crippen LogP contribution is 2.29. The quantitative estimate of drug-likeness (QED) is 0.580. The number of methoxy groups -OCH3 is 1. The van der Waals surface area contributed by atoms with Crippen LogP contribution in [0.25, 0.3) is 11.3 Å². The van der Waals surface area contributed by atoms with Crippen LogP contribution in [0, 0.1) is 12.8 Å². The average Bonchev–Trinajstić information content (AvgIpc) is 3.39. The van der Waals surface area contributed by atoms with Crippen molar-refractivity contribution in [3.8, 4) is 17.1 Å². The summed E-state index contributed by atoms with van der Waals surface area (Å²) in [6.45, 7) is 2.29. The van der Waals surface area contributed by atoms with E-state index in [9.17, 15) is 9.59 Å². The van der Waals surface area contributed by atoms with Gasteiger partial charge in [-0.25, -0.2) is 0 Å². The van der Waals surface area contributed by atoms with Gasteiger partial charge in [0.2, 0.25) is 5.91 Å². The van der Waals surface area contributed by atoms with Crippen LogP contribution in [0.3, 0.4) is 0 Å². The number of amides is 1. The maximum atomic E-state index is 12.5. The standard InChI is InChI=1S/C23H22N2O5/c1-15-6-8-16(9-7-15)21-11-18(24-30-21)14-29-23(27)17-10-22(26)25(13-17)19-4-3-5-20(12-19)28-2/h3-9,11-12,17H,10,13-14H2,1-2H3. The molecule has 0 aliphatic carbocycles. The molecule has 1 atom stereocenters. The van der Waals surface area contributed by atoms with Crippen LogP contribution in [0.1, 0.15) is 17.7 Å². The lowest BCUT2D eigenvalue weighted by atomic mass is 10.1. The smallest absolute Gasteiger partial charge is 0.311 e. The first-order valence-electron chi connectivity index (χ1n) is 9.67. The Morgan fingerprint density at radius 3 is 2.77 bits per heavy atom. The van der Waals surface area contributed by atoms with E-state index in [2.05, 4.69) is 5.16 Å². The molecule has 1 amide bonds. The minimum Gasteiger partial charge on any atom is -0.497 e.